The third-order valence-corrected chi connectivity index (χ3v) is 3.82. The standard InChI is InChI=1S/C13H18F3N3O/c14-13(15,16)9-5-10(17)19-11(6-9)18-7-12(8-20)3-1-2-4-12/h5-6,20H,1-4,7-8H2,(H3,17,18,19). The Morgan fingerprint density at radius 3 is 2.50 bits per heavy atom. The molecule has 1 saturated carbocycles. The predicted octanol–water partition coefficient (Wildman–Crippen LogP) is 2.65. The van der Waals surface area contributed by atoms with Gasteiger partial charge in [0.15, 0.2) is 0 Å². The molecule has 2 rings (SSSR count). The fourth-order valence-electron chi connectivity index (χ4n) is 2.60. The molecule has 0 radical (unpaired) electrons. The first-order valence-electron chi connectivity index (χ1n) is 6.54. The number of alkyl halides is 3. The van der Waals surface area contributed by atoms with Crippen molar-refractivity contribution in [2.24, 2.45) is 5.41 Å². The van der Waals surface area contributed by atoms with E-state index in [-0.39, 0.29) is 23.7 Å². The fraction of sp³-hybridized carbons (Fsp3) is 0.615. The molecule has 7 heteroatoms. The van der Waals surface area contributed by atoms with Gasteiger partial charge in [0.1, 0.15) is 11.6 Å². The number of anilines is 2. The maximum atomic E-state index is 12.7. The number of nitrogens with zero attached hydrogens (tertiary/aromatic N) is 1. The third-order valence-electron chi connectivity index (χ3n) is 3.82. The SMILES string of the molecule is Nc1cc(C(F)(F)F)cc(NCC2(CO)CCCC2)n1. The topological polar surface area (TPSA) is 71.2 Å². The molecule has 0 amide bonds. The first-order valence-corrected chi connectivity index (χ1v) is 6.54. The van der Waals surface area contributed by atoms with Gasteiger partial charge in [0.05, 0.1) is 12.2 Å². The minimum absolute atomic E-state index is 0.0223. The summed E-state index contributed by atoms with van der Waals surface area (Å²) in [5, 5.41) is 12.3. The van der Waals surface area contributed by atoms with Crippen LogP contribution in [-0.2, 0) is 6.18 Å². The van der Waals surface area contributed by atoms with E-state index in [2.05, 4.69) is 10.3 Å². The van der Waals surface area contributed by atoms with Crippen molar-refractivity contribution in [3.05, 3.63) is 17.7 Å². The lowest BCUT2D eigenvalue weighted by Gasteiger charge is -2.27. The summed E-state index contributed by atoms with van der Waals surface area (Å²) in [4.78, 5) is 3.86. The van der Waals surface area contributed by atoms with Gasteiger partial charge in [-0.05, 0) is 25.0 Å². The summed E-state index contributed by atoms with van der Waals surface area (Å²) in [6.45, 7) is 0.422. The minimum atomic E-state index is -4.45. The van der Waals surface area contributed by atoms with Gasteiger partial charge in [0.25, 0.3) is 0 Å². The second-order valence-corrected chi connectivity index (χ2v) is 5.38. The molecular formula is C13H18F3N3O. The summed E-state index contributed by atoms with van der Waals surface area (Å²) in [5.74, 6) is -0.0798. The Kier molecular flexibility index (Phi) is 4.08. The average molecular weight is 289 g/mol. The van der Waals surface area contributed by atoms with Crippen molar-refractivity contribution in [2.45, 2.75) is 31.9 Å². The molecule has 1 aliphatic carbocycles. The van der Waals surface area contributed by atoms with Gasteiger partial charge in [-0.1, -0.05) is 12.8 Å². The van der Waals surface area contributed by atoms with E-state index >= 15 is 0 Å². The number of rotatable bonds is 4. The summed E-state index contributed by atoms with van der Waals surface area (Å²) in [7, 11) is 0. The third kappa shape index (κ3) is 3.33. The summed E-state index contributed by atoms with van der Waals surface area (Å²) >= 11 is 0. The van der Waals surface area contributed by atoms with Crippen molar-refractivity contribution < 1.29 is 18.3 Å². The molecule has 0 aromatic carbocycles. The van der Waals surface area contributed by atoms with Crippen LogP contribution in [0.1, 0.15) is 31.2 Å². The van der Waals surface area contributed by atoms with Crippen LogP contribution in [0.25, 0.3) is 0 Å². The number of halogens is 3. The van der Waals surface area contributed by atoms with Crippen LogP contribution in [0.3, 0.4) is 0 Å². The van der Waals surface area contributed by atoms with E-state index in [4.69, 9.17) is 5.73 Å². The van der Waals surface area contributed by atoms with E-state index in [0.717, 1.165) is 37.8 Å². The fourth-order valence-corrected chi connectivity index (χ4v) is 2.60. The normalized spacial score (nSPS) is 18.2. The number of aliphatic hydroxyl groups is 1. The Labute approximate surface area is 115 Å². The van der Waals surface area contributed by atoms with E-state index in [9.17, 15) is 18.3 Å². The van der Waals surface area contributed by atoms with Crippen LogP contribution in [0.15, 0.2) is 12.1 Å². The van der Waals surface area contributed by atoms with Crippen LogP contribution >= 0.6 is 0 Å². The van der Waals surface area contributed by atoms with Crippen LogP contribution in [0.2, 0.25) is 0 Å². The highest BCUT2D eigenvalue weighted by Crippen LogP contribution is 2.38. The van der Waals surface area contributed by atoms with Gasteiger partial charge in [0.2, 0.25) is 0 Å². The van der Waals surface area contributed by atoms with E-state index in [0.29, 0.717) is 6.54 Å². The quantitative estimate of drug-likeness (QED) is 0.797. The van der Waals surface area contributed by atoms with Crippen molar-refractivity contribution in [1.82, 2.24) is 4.98 Å². The molecule has 0 bridgehead atoms. The summed E-state index contributed by atoms with van der Waals surface area (Å²) in [6.07, 6.45) is -0.661. The van der Waals surface area contributed by atoms with Crippen LogP contribution in [0, 0.1) is 5.41 Å². The lowest BCUT2D eigenvalue weighted by Crippen LogP contribution is -2.30. The zero-order chi connectivity index (χ0) is 14.8. The summed E-state index contributed by atoms with van der Waals surface area (Å²) in [6, 6.07) is 1.75. The minimum Gasteiger partial charge on any atom is -0.396 e. The average Bonchev–Trinajstić information content (AvgIpc) is 2.84. The predicted molar refractivity (Wildman–Crippen MR) is 70.1 cm³/mol. The molecule has 1 fully saturated rings. The van der Waals surface area contributed by atoms with Gasteiger partial charge in [-0.15, -0.1) is 0 Å². The maximum Gasteiger partial charge on any atom is 0.416 e. The molecule has 1 heterocycles. The van der Waals surface area contributed by atoms with Crippen molar-refractivity contribution in [3.63, 3.8) is 0 Å². The number of nitrogens with one attached hydrogen (secondary N) is 1. The summed E-state index contributed by atoms with van der Waals surface area (Å²) < 4.78 is 38.0. The zero-order valence-electron chi connectivity index (χ0n) is 11.0. The van der Waals surface area contributed by atoms with Gasteiger partial charge in [-0.3, -0.25) is 0 Å². The highest BCUT2D eigenvalue weighted by atomic mass is 19.4. The van der Waals surface area contributed by atoms with Crippen LogP contribution in [-0.4, -0.2) is 23.2 Å². The Hall–Kier alpha value is -1.50. The molecule has 4 nitrogen and oxygen atoms in total. The van der Waals surface area contributed by atoms with Crippen LogP contribution in [0.5, 0.6) is 0 Å². The molecule has 1 aromatic heterocycles. The van der Waals surface area contributed by atoms with E-state index in [1.807, 2.05) is 0 Å². The Bertz CT molecular complexity index is 470. The summed E-state index contributed by atoms with van der Waals surface area (Å²) in [5.41, 5.74) is 4.32. The highest BCUT2D eigenvalue weighted by molar-refractivity contribution is 5.47. The number of hydrogen-bond donors (Lipinski definition) is 3. The largest absolute Gasteiger partial charge is 0.416 e. The number of hydrogen-bond acceptors (Lipinski definition) is 4. The van der Waals surface area contributed by atoms with Gasteiger partial charge in [-0.2, -0.15) is 13.2 Å². The monoisotopic (exact) mass is 289 g/mol. The lowest BCUT2D eigenvalue weighted by molar-refractivity contribution is -0.137. The molecule has 0 saturated heterocycles. The van der Waals surface area contributed by atoms with E-state index in [1.165, 1.54) is 0 Å². The Morgan fingerprint density at radius 2 is 1.95 bits per heavy atom. The van der Waals surface area contributed by atoms with Gasteiger partial charge < -0.3 is 16.2 Å². The van der Waals surface area contributed by atoms with Crippen molar-refractivity contribution in [1.29, 1.82) is 0 Å². The molecule has 0 aliphatic heterocycles. The molecule has 4 N–H and O–H groups in total. The van der Waals surface area contributed by atoms with Crippen molar-refractivity contribution >= 4 is 11.6 Å². The second-order valence-electron chi connectivity index (χ2n) is 5.38. The lowest BCUT2D eigenvalue weighted by atomic mass is 9.87. The van der Waals surface area contributed by atoms with E-state index in [1.54, 1.807) is 0 Å². The van der Waals surface area contributed by atoms with Crippen molar-refractivity contribution in [3.8, 4) is 0 Å². The van der Waals surface area contributed by atoms with E-state index < -0.39 is 11.7 Å². The molecule has 1 aromatic rings. The Balaban J connectivity index is 2.11. The number of nitrogen functional groups attached to an aromatic ring is 1. The van der Waals surface area contributed by atoms with Crippen molar-refractivity contribution in [2.75, 3.05) is 24.2 Å². The molecular weight excluding hydrogens is 271 g/mol. The molecule has 1 aliphatic rings. The smallest absolute Gasteiger partial charge is 0.396 e. The first kappa shape index (κ1) is 14.9. The number of nitrogens with two attached hydrogens (primary N) is 1. The molecule has 0 atom stereocenters. The highest BCUT2D eigenvalue weighted by Gasteiger charge is 2.34. The molecule has 0 unspecified atom stereocenters. The maximum absolute atomic E-state index is 12.7. The van der Waals surface area contributed by atoms with Crippen LogP contribution < -0.4 is 11.1 Å². The Morgan fingerprint density at radius 1 is 1.30 bits per heavy atom. The number of aliphatic hydroxyl groups excluding tert-OH is 1. The van der Waals surface area contributed by atoms with Gasteiger partial charge in [-0.25, -0.2) is 4.98 Å². The van der Waals surface area contributed by atoms with Gasteiger partial charge in [0, 0.05) is 12.0 Å². The first-order chi connectivity index (χ1) is 9.35. The van der Waals surface area contributed by atoms with Crippen LogP contribution in [0.4, 0.5) is 24.8 Å². The molecule has 20 heavy (non-hydrogen) atoms. The number of aromatic nitrogens is 1. The zero-order valence-corrected chi connectivity index (χ0v) is 11.0. The van der Waals surface area contributed by atoms with Gasteiger partial charge >= 0.3 is 6.18 Å². The molecule has 0 spiro atoms. The molecule has 112 valence electrons. The number of pyridine rings is 1. The second kappa shape index (κ2) is 5.47.